The summed E-state index contributed by atoms with van der Waals surface area (Å²) in [5.41, 5.74) is 6.16. The molecule has 1 aromatic rings. The van der Waals surface area contributed by atoms with Gasteiger partial charge in [0.15, 0.2) is 0 Å². The van der Waals surface area contributed by atoms with E-state index in [1.165, 1.54) is 18.2 Å². The second-order valence-corrected chi connectivity index (χ2v) is 4.63. The molecule has 1 aromatic carbocycles. The van der Waals surface area contributed by atoms with Crippen LogP contribution in [0.15, 0.2) is 18.2 Å². The van der Waals surface area contributed by atoms with Gasteiger partial charge in [0, 0.05) is 23.1 Å². The van der Waals surface area contributed by atoms with E-state index >= 15 is 0 Å². The first-order valence-corrected chi connectivity index (χ1v) is 5.77. The molecular formula is C12H16N2O3. The summed E-state index contributed by atoms with van der Waals surface area (Å²) in [4.78, 5) is 10.3. The zero-order chi connectivity index (χ0) is 12.5. The highest BCUT2D eigenvalue weighted by Gasteiger charge is 2.40. The number of nitrogens with two attached hydrogens (primary N) is 1. The molecular weight excluding hydrogens is 220 g/mol. The largest absolute Gasteiger partial charge is 0.508 e. The van der Waals surface area contributed by atoms with Crippen LogP contribution in [-0.2, 0) is 5.41 Å². The lowest BCUT2D eigenvalue weighted by molar-refractivity contribution is -0.385. The van der Waals surface area contributed by atoms with Crippen LogP contribution in [0.3, 0.4) is 0 Å². The monoisotopic (exact) mass is 236 g/mol. The summed E-state index contributed by atoms with van der Waals surface area (Å²) in [7, 11) is 0. The first-order chi connectivity index (χ1) is 8.09. The smallest absolute Gasteiger partial charge is 0.269 e. The number of nitrogens with zero attached hydrogens (tertiary/aromatic N) is 1. The van der Waals surface area contributed by atoms with Gasteiger partial charge in [-0.15, -0.1) is 0 Å². The van der Waals surface area contributed by atoms with Gasteiger partial charge in [0.1, 0.15) is 5.75 Å². The van der Waals surface area contributed by atoms with E-state index in [9.17, 15) is 15.2 Å². The number of non-ortho nitro benzene ring substituents is 1. The zero-order valence-electron chi connectivity index (χ0n) is 9.56. The molecule has 0 amide bonds. The van der Waals surface area contributed by atoms with Crippen LogP contribution in [0.5, 0.6) is 5.75 Å². The van der Waals surface area contributed by atoms with E-state index in [1.807, 2.05) is 0 Å². The number of phenols is 1. The summed E-state index contributed by atoms with van der Waals surface area (Å²) in [5, 5.41) is 20.6. The molecule has 0 aliphatic heterocycles. The highest BCUT2D eigenvalue weighted by Crippen LogP contribution is 2.49. The topological polar surface area (TPSA) is 89.4 Å². The Hall–Kier alpha value is -1.62. The maximum Gasteiger partial charge on any atom is 0.269 e. The molecule has 0 unspecified atom stereocenters. The van der Waals surface area contributed by atoms with Gasteiger partial charge in [0.05, 0.1) is 4.92 Å². The zero-order valence-corrected chi connectivity index (χ0v) is 9.56. The molecule has 5 nitrogen and oxygen atoms in total. The van der Waals surface area contributed by atoms with E-state index < -0.39 is 4.92 Å². The minimum atomic E-state index is -0.433. The van der Waals surface area contributed by atoms with Crippen LogP contribution < -0.4 is 5.73 Å². The van der Waals surface area contributed by atoms with Gasteiger partial charge in [-0.2, -0.15) is 0 Å². The van der Waals surface area contributed by atoms with Gasteiger partial charge in [-0.25, -0.2) is 0 Å². The van der Waals surface area contributed by atoms with Crippen molar-refractivity contribution in [2.75, 3.05) is 6.54 Å². The average Bonchev–Trinajstić information content (AvgIpc) is 2.24. The number of rotatable bonds is 4. The summed E-state index contributed by atoms with van der Waals surface area (Å²) < 4.78 is 0. The van der Waals surface area contributed by atoms with Crippen LogP contribution in [-0.4, -0.2) is 16.6 Å². The van der Waals surface area contributed by atoms with Gasteiger partial charge in [0.2, 0.25) is 0 Å². The van der Waals surface area contributed by atoms with Crippen molar-refractivity contribution < 1.29 is 10.0 Å². The van der Waals surface area contributed by atoms with Crippen molar-refractivity contribution in [3.05, 3.63) is 33.9 Å². The summed E-state index contributed by atoms with van der Waals surface area (Å²) >= 11 is 0. The number of hydrogen-bond acceptors (Lipinski definition) is 4. The molecule has 0 bridgehead atoms. The molecule has 0 heterocycles. The SMILES string of the molecule is NCCC1(c2cc([N+](=O)[O-])ccc2O)CCC1. The summed E-state index contributed by atoms with van der Waals surface area (Å²) in [5.74, 6) is 0.142. The van der Waals surface area contributed by atoms with Crippen LogP contribution in [0.4, 0.5) is 5.69 Å². The van der Waals surface area contributed by atoms with Crippen molar-refractivity contribution in [2.24, 2.45) is 5.73 Å². The quantitative estimate of drug-likeness (QED) is 0.618. The predicted octanol–water partition coefficient (Wildman–Crippen LogP) is 2.07. The van der Waals surface area contributed by atoms with Gasteiger partial charge in [-0.1, -0.05) is 6.42 Å². The predicted molar refractivity (Wildman–Crippen MR) is 64.0 cm³/mol. The second-order valence-electron chi connectivity index (χ2n) is 4.63. The number of aromatic hydroxyl groups is 1. The number of hydrogen-bond donors (Lipinski definition) is 2. The molecule has 1 saturated carbocycles. The number of phenolic OH excluding ortho intramolecular Hbond substituents is 1. The van der Waals surface area contributed by atoms with Crippen molar-refractivity contribution in [1.82, 2.24) is 0 Å². The lowest BCUT2D eigenvalue weighted by Gasteiger charge is -2.42. The lowest BCUT2D eigenvalue weighted by atomic mass is 9.62. The van der Waals surface area contributed by atoms with Gasteiger partial charge in [0.25, 0.3) is 5.69 Å². The van der Waals surface area contributed by atoms with Crippen LogP contribution in [0.25, 0.3) is 0 Å². The molecule has 92 valence electrons. The Morgan fingerprint density at radius 1 is 1.47 bits per heavy atom. The number of nitro groups is 1. The van der Waals surface area contributed by atoms with E-state index in [-0.39, 0.29) is 16.9 Å². The lowest BCUT2D eigenvalue weighted by Crippen LogP contribution is -2.36. The summed E-state index contributed by atoms with van der Waals surface area (Å²) in [6, 6.07) is 4.22. The van der Waals surface area contributed by atoms with E-state index in [0.29, 0.717) is 12.1 Å². The number of nitro benzene ring substituents is 1. The maximum absolute atomic E-state index is 10.8. The Morgan fingerprint density at radius 2 is 2.18 bits per heavy atom. The molecule has 2 rings (SSSR count). The minimum Gasteiger partial charge on any atom is -0.508 e. The molecule has 0 aromatic heterocycles. The Bertz CT molecular complexity index is 441. The minimum absolute atomic E-state index is 0.0288. The number of benzene rings is 1. The Morgan fingerprint density at radius 3 is 2.65 bits per heavy atom. The van der Waals surface area contributed by atoms with Crippen molar-refractivity contribution >= 4 is 5.69 Å². The van der Waals surface area contributed by atoms with Crippen LogP contribution in [0, 0.1) is 10.1 Å². The normalized spacial score (nSPS) is 17.5. The molecule has 0 saturated heterocycles. The molecule has 5 heteroatoms. The average molecular weight is 236 g/mol. The van der Waals surface area contributed by atoms with E-state index in [1.54, 1.807) is 0 Å². The first-order valence-electron chi connectivity index (χ1n) is 5.77. The molecule has 3 N–H and O–H groups in total. The molecule has 1 aliphatic carbocycles. The van der Waals surface area contributed by atoms with Crippen molar-refractivity contribution in [2.45, 2.75) is 31.1 Å². The second kappa shape index (κ2) is 4.33. The molecule has 1 aliphatic rings. The van der Waals surface area contributed by atoms with Crippen molar-refractivity contribution in [3.8, 4) is 5.75 Å². The highest BCUT2D eigenvalue weighted by atomic mass is 16.6. The molecule has 0 radical (unpaired) electrons. The third-order valence-electron chi connectivity index (χ3n) is 3.70. The van der Waals surface area contributed by atoms with Gasteiger partial charge in [-0.05, 0) is 31.9 Å². The van der Waals surface area contributed by atoms with E-state index in [2.05, 4.69) is 0 Å². The van der Waals surface area contributed by atoms with Crippen LogP contribution in [0.1, 0.15) is 31.2 Å². The van der Waals surface area contributed by atoms with E-state index in [4.69, 9.17) is 5.73 Å². The maximum atomic E-state index is 10.8. The van der Waals surface area contributed by atoms with Gasteiger partial charge < -0.3 is 10.8 Å². The Labute approximate surface area is 99.4 Å². The fourth-order valence-corrected chi connectivity index (χ4v) is 2.60. The fourth-order valence-electron chi connectivity index (χ4n) is 2.60. The third-order valence-corrected chi connectivity index (χ3v) is 3.70. The summed E-state index contributed by atoms with van der Waals surface area (Å²) in [6.07, 6.45) is 3.74. The van der Waals surface area contributed by atoms with Gasteiger partial charge in [-0.3, -0.25) is 10.1 Å². The van der Waals surface area contributed by atoms with Gasteiger partial charge >= 0.3 is 0 Å². The highest BCUT2D eigenvalue weighted by molar-refractivity contribution is 5.48. The molecule has 0 atom stereocenters. The van der Waals surface area contributed by atoms with Crippen molar-refractivity contribution in [3.63, 3.8) is 0 Å². The van der Waals surface area contributed by atoms with Crippen molar-refractivity contribution in [1.29, 1.82) is 0 Å². The Kier molecular flexibility index (Phi) is 3.02. The summed E-state index contributed by atoms with van der Waals surface area (Å²) in [6.45, 7) is 0.530. The molecule has 1 fully saturated rings. The Balaban J connectivity index is 2.42. The fraction of sp³-hybridized carbons (Fsp3) is 0.500. The third kappa shape index (κ3) is 1.98. The van der Waals surface area contributed by atoms with Crippen LogP contribution in [0.2, 0.25) is 0 Å². The van der Waals surface area contributed by atoms with Crippen LogP contribution >= 0.6 is 0 Å². The first kappa shape index (κ1) is 11.9. The standard InChI is InChI=1S/C12H16N2O3/c13-7-6-12(4-1-5-12)10-8-9(14(16)17)2-3-11(10)15/h2-3,8,15H,1,4-7,13H2. The molecule has 17 heavy (non-hydrogen) atoms. The molecule has 0 spiro atoms. The van der Waals surface area contributed by atoms with E-state index in [0.717, 1.165) is 25.7 Å².